The number of nitrogens with one attached hydrogen (secondary N) is 1. The maximum Gasteiger partial charge on any atom is 0.305 e. The standard InChI is InChI=1S/C17H16FNO3/c1-11-4-2-3-5-15(11)12-8-13(10-14(18)9-12)17(22)19-7-6-16(20)21/h2-5,8-10H,6-7H2,1H3,(H,19,22)(H,20,21). The van der Waals surface area contributed by atoms with Crippen molar-refractivity contribution in [1.82, 2.24) is 5.32 Å². The van der Waals surface area contributed by atoms with Gasteiger partial charge in [-0.15, -0.1) is 0 Å². The van der Waals surface area contributed by atoms with E-state index in [0.717, 1.165) is 17.2 Å². The number of hydrogen-bond donors (Lipinski definition) is 2. The van der Waals surface area contributed by atoms with E-state index in [-0.39, 0.29) is 18.5 Å². The molecule has 2 rings (SSSR count). The molecule has 2 N–H and O–H groups in total. The summed E-state index contributed by atoms with van der Waals surface area (Å²) in [5.41, 5.74) is 2.61. The average Bonchev–Trinajstić information content (AvgIpc) is 2.46. The summed E-state index contributed by atoms with van der Waals surface area (Å²) in [4.78, 5) is 22.4. The van der Waals surface area contributed by atoms with Crippen molar-refractivity contribution in [3.8, 4) is 11.1 Å². The number of rotatable bonds is 5. The van der Waals surface area contributed by atoms with Crippen LogP contribution in [0.3, 0.4) is 0 Å². The number of halogens is 1. The smallest absolute Gasteiger partial charge is 0.305 e. The Balaban J connectivity index is 2.25. The molecule has 1 amide bonds. The van der Waals surface area contributed by atoms with Crippen LogP contribution < -0.4 is 5.32 Å². The molecule has 0 unspecified atom stereocenters. The zero-order valence-electron chi connectivity index (χ0n) is 12.1. The Morgan fingerprint density at radius 3 is 2.59 bits per heavy atom. The van der Waals surface area contributed by atoms with E-state index in [1.165, 1.54) is 6.07 Å². The van der Waals surface area contributed by atoms with Gasteiger partial charge in [-0.3, -0.25) is 9.59 Å². The Kier molecular flexibility index (Phi) is 4.88. The Hall–Kier alpha value is -2.69. The van der Waals surface area contributed by atoms with E-state index in [0.29, 0.717) is 5.56 Å². The molecule has 22 heavy (non-hydrogen) atoms. The second-order valence-electron chi connectivity index (χ2n) is 4.94. The largest absolute Gasteiger partial charge is 0.481 e. The molecule has 0 radical (unpaired) electrons. The maximum atomic E-state index is 13.8. The lowest BCUT2D eigenvalue weighted by Gasteiger charge is -2.09. The number of carbonyl (C=O) groups is 2. The molecule has 0 aliphatic rings. The fourth-order valence-electron chi connectivity index (χ4n) is 2.16. The molecule has 4 nitrogen and oxygen atoms in total. The van der Waals surface area contributed by atoms with Gasteiger partial charge < -0.3 is 10.4 Å². The first-order valence-electron chi connectivity index (χ1n) is 6.84. The molecule has 0 aliphatic heterocycles. The van der Waals surface area contributed by atoms with Gasteiger partial charge in [0.25, 0.3) is 5.91 Å². The van der Waals surface area contributed by atoms with E-state index >= 15 is 0 Å². The van der Waals surface area contributed by atoms with Crippen molar-refractivity contribution in [2.45, 2.75) is 13.3 Å². The van der Waals surface area contributed by atoms with Crippen LogP contribution >= 0.6 is 0 Å². The van der Waals surface area contributed by atoms with Gasteiger partial charge in [-0.05, 0) is 41.8 Å². The van der Waals surface area contributed by atoms with Gasteiger partial charge in [-0.1, -0.05) is 24.3 Å². The minimum atomic E-state index is -1.000. The van der Waals surface area contributed by atoms with Gasteiger partial charge in [0, 0.05) is 12.1 Å². The number of amides is 1. The van der Waals surface area contributed by atoms with Crippen LogP contribution in [0.1, 0.15) is 22.3 Å². The highest BCUT2D eigenvalue weighted by molar-refractivity contribution is 5.95. The first-order valence-corrected chi connectivity index (χ1v) is 6.84. The molecular weight excluding hydrogens is 285 g/mol. The van der Waals surface area contributed by atoms with E-state index in [1.807, 2.05) is 31.2 Å². The van der Waals surface area contributed by atoms with Crippen LogP contribution in [0, 0.1) is 12.7 Å². The topological polar surface area (TPSA) is 66.4 Å². The van der Waals surface area contributed by atoms with Crippen molar-refractivity contribution in [2.24, 2.45) is 0 Å². The third-order valence-corrected chi connectivity index (χ3v) is 3.24. The summed E-state index contributed by atoms with van der Waals surface area (Å²) in [5.74, 6) is -2.00. The summed E-state index contributed by atoms with van der Waals surface area (Å²) in [7, 11) is 0. The molecule has 0 heterocycles. The third kappa shape index (κ3) is 3.91. The molecule has 0 saturated heterocycles. The van der Waals surface area contributed by atoms with Crippen LogP contribution in [-0.4, -0.2) is 23.5 Å². The average molecular weight is 301 g/mol. The maximum absolute atomic E-state index is 13.8. The van der Waals surface area contributed by atoms with Gasteiger partial charge >= 0.3 is 5.97 Å². The van der Waals surface area contributed by atoms with Crippen molar-refractivity contribution in [1.29, 1.82) is 0 Å². The second-order valence-corrected chi connectivity index (χ2v) is 4.94. The molecule has 0 bridgehead atoms. The molecule has 0 aromatic heterocycles. The quantitative estimate of drug-likeness (QED) is 0.892. The lowest BCUT2D eigenvalue weighted by molar-refractivity contribution is -0.136. The SMILES string of the molecule is Cc1ccccc1-c1cc(F)cc(C(=O)NCCC(=O)O)c1. The lowest BCUT2D eigenvalue weighted by Crippen LogP contribution is -2.26. The van der Waals surface area contributed by atoms with E-state index in [9.17, 15) is 14.0 Å². The van der Waals surface area contributed by atoms with Crippen molar-refractivity contribution in [3.63, 3.8) is 0 Å². The summed E-state index contributed by atoms with van der Waals surface area (Å²) in [5, 5.41) is 11.0. The predicted octanol–water partition coefficient (Wildman–Crippen LogP) is 3.01. The zero-order chi connectivity index (χ0) is 16.1. The highest BCUT2D eigenvalue weighted by atomic mass is 19.1. The van der Waals surface area contributed by atoms with Crippen molar-refractivity contribution >= 4 is 11.9 Å². The number of hydrogen-bond acceptors (Lipinski definition) is 2. The molecule has 0 aliphatic carbocycles. The molecular formula is C17H16FNO3. The van der Waals surface area contributed by atoms with Gasteiger partial charge in [0.2, 0.25) is 0 Å². The number of aliphatic carboxylic acids is 1. The van der Waals surface area contributed by atoms with Gasteiger partial charge in [-0.2, -0.15) is 0 Å². The normalized spacial score (nSPS) is 10.3. The van der Waals surface area contributed by atoms with Gasteiger partial charge in [0.05, 0.1) is 6.42 Å². The second kappa shape index (κ2) is 6.85. The van der Waals surface area contributed by atoms with Gasteiger partial charge in [0.1, 0.15) is 5.82 Å². The van der Waals surface area contributed by atoms with E-state index < -0.39 is 17.7 Å². The van der Waals surface area contributed by atoms with Gasteiger partial charge in [0.15, 0.2) is 0 Å². The number of aryl methyl sites for hydroxylation is 1. The Labute approximate surface area is 127 Å². The number of carbonyl (C=O) groups excluding carboxylic acids is 1. The lowest BCUT2D eigenvalue weighted by atomic mass is 9.98. The van der Waals surface area contributed by atoms with Crippen LogP contribution in [0.5, 0.6) is 0 Å². The summed E-state index contributed by atoms with van der Waals surface area (Å²) in [6, 6.07) is 11.6. The van der Waals surface area contributed by atoms with Gasteiger partial charge in [-0.25, -0.2) is 4.39 Å². The van der Waals surface area contributed by atoms with Crippen LogP contribution in [0.4, 0.5) is 4.39 Å². The Morgan fingerprint density at radius 2 is 1.91 bits per heavy atom. The van der Waals surface area contributed by atoms with E-state index in [4.69, 9.17) is 5.11 Å². The highest BCUT2D eigenvalue weighted by Gasteiger charge is 2.11. The van der Waals surface area contributed by atoms with Crippen LogP contribution in [0.15, 0.2) is 42.5 Å². The van der Waals surface area contributed by atoms with E-state index in [2.05, 4.69) is 5.32 Å². The van der Waals surface area contributed by atoms with Crippen LogP contribution in [-0.2, 0) is 4.79 Å². The highest BCUT2D eigenvalue weighted by Crippen LogP contribution is 2.25. The number of benzene rings is 2. The minimum absolute atomic E-state index is 0.00434. The first-order chi connectivity index (χ1) is 10.5. The van der Waals surface area contributed by atoms with Crippen LogP contribution in [0.2, 0.25) is 0 Å². The minimum Gasteiger partial charge on any atom is -0.481 e. The molecule has 0 spiro atoms. The molecule has 2 aromatic rings. The molecule has 0 saturated carbocycles. The zero-order valence-corrected chi connectivity index (χ0v) is 12.1. The molecule has 5 heteroatoms. The summed E-state index contributed by atoms with van der Waals surface area (Å²) < 4.78 is 13.8. The summed E-state index contributed by atoms with van der Waals surface area (Å²) in [6.45, 7) is 1.91. The van der Waals surface area contributed by atoms with Crippen molar-refractivity contribution in [3.05, 3.63) is 59.4 Å². The fourth-order valence-corrected chi connectivity index (χ4v) is 2.16. The summed E-state index contributed by atoms with van der Waals surface area (Å²) in [6.07, 6.45) is -0.175. The number of carboxylic acids is 1. The Morgan fingerprint density at radius 1 is 1.18 bits per heavy atom. The number of carboxylic acid groups (broad SMARTS) is 1. The molecule has 2 aromatic carbocycles. The monoisotopic (exact) mass is 301 g/mol. The summed E-state index contributed by atoms with van der Waals surface area (Å²) >= 11 is 0. The Bertz CT molecular complexity index is 713. The van der Waals surface area contributed by atoms with E-state index in [1.54, 1.807) is 6.07 Å². The van der Waals surface area contributed by atoms with Crippen LogP contribution in [0.25, 0.3) is 11.1 Å². The molecule has 0 fully saturated rings. The predicted molar refractivity (Wildman–Crippen MR) is 81.2 cm³/mol. The van der Waals surface area contributed by atoms with Crippen molar-refractivity contribution in [2.75, 3.05) is 6.54 Å². The third-order valence-electron chi connectivity index (χ3n) is 3.24. The first kappa shape index (κ1) is 15.7. The fraction of sp³-hybridized carbons (Fsp3) is 0.176. The molecule has 114 valence electrons. The van der Waals surface area contributed by atoms with Crippen molar-refractivity contribution < 1.29 is 19.1 Å². The molecule has 0 atom stereocenters.